The number of nitrogen functional groups attached to an aromatic ring is 1. The van der Waals surface area contributed by atoms with E-state index in [1.54, 1.807) is 44.6 Å². The molecule has 3 rings (SSSR count). The third-order valence-corrected chi connectivity index (χ3v) is 4.71. The Labute approximate surface area is 187 Å². The Morgan fingerprint density at radius 3 is 2.44 bits per heavy atom. The van der Waals surface area contributed by atoms with Crippen LogP contribution in [0.25, 0.3) is 0 Å². The summed E-state index contributed by atoms with van der Waals surface area (Å²) < 4.78 is 10.6. The van der Waals surface area contributed by atoms with Gasteiger partial charge in [-0.15, -0.1) is 0 Å². The number of ether oxygens (including phenoxy) is 2. The van der Waals surface area contributed by atoms with Crippen LogP contribution in [-0.2, 0) is 6.54 Å². The van der Waals surface area contributed by atoms with E-state index in [1.165, 1.54) is 0 Å². The normalized spacial score (nSPS) is 9.97. The molecule has 0 bridgehead atoms. The Morgan fingerprint density at radius 1 is 1.00 bits per heavy atom. The second kappa shape index (κ2) is 10.8. The number of methoxy groups -OCH3 is 2. The van der Waals surface area contributed by atoms with Crippen LogP contribution in [0.2, 0.25) is 0 Å². The number of anilines is 3. The standard InChI is InChI=1S/C25H25N3O4/c1-31-23-12-10-20(15-24(23)32-2)27-16-18-5-8-19(9-6-18)25(30)28-22-14-17(4-3-13-29)7-11-21(22)26/h5-12,14-15,27,29H,13,16,26H2,1-2H3,(H,28,30). The molecule has 3 aromatic carbocycles. The first-order valence-electron chi connectivity index (χ1n) is 9.89. The average molecular weight is 431 g/mol. The summed E-state index contributed by atoms with van der Waals surface area (Å²) in [6, 6.07) is 18.0. The Balaban J connectivity index is 1.64. The molecule has 0 aliphatic rings. The molecule has 0 saturated heterocycles. The van der Waals surface area contributed by atoms with Crippen molar-refractivity contribution in [3.8, 4) is 23.3 Å². The number of hydrogen-bond acceptors (Lipinski definition) is 6. The van der Waals surface area contributed by atoms with Crippen molar-refractivity contribution >= 4 is 23.0 Å². The topological polar surface area (TPSA) is 106 Å². The molecule has 0 atom stereocenters. The molecular formula is C25H25N3O4. The Hall–Kier alpha value is -4.15. The molecule has 0 spiro atoms. The number of carbonyl (C=O) groups is 1. The van der Waals surface area contributed by atoms with E-state index in [9.17, 15) is 4.79 Å². The summed E-state index contributed by atoms with van der Waals surface area (Å²) in [4.78, 5) is 12.6. The molecule has 3 aromatic rings. The first-order chi connectivity index (χ1) is 15.5. The molecule has 0 unspecified atom stereocenters. The predicted octanol–water partition coefficient (Wildman–Crippen LogP) is 3.49. The fraction of sp³-hybridized carbons (Fsp3) is 0.160. The number of carbonyl (C=O) groups excluding carboxylic acids is 1. The fourth-order valence-corrected chi connectivity index (χ4v) is 3.00. The highest BCUT2D eigenvalue weighted by Gasteiger charge is 2.09. The summed E-state index contributed by atoms with van der Waals surface area (Å²) in [6.07, 6.45) is 0. The maximum Gasteiger partial charge on any atom is 0.255 e. The van der Waals surface area contributed by atoms with Crippen LogP contribution in [0.15, 0.2) is 60.7 Å². The lowest BCUT2D eigenvalue weighted by Gasteiger charge is -2.12. The molecule has 0 aliphatic heterocycles. The molecule has 164 valence electrons. The number of aliphatic hydroxyl groups is 1. The quantitative estimate of drug-likeness (QED) is 0.337. The van der Waals surface area contributed by atoms with Crippen LogP contribution in [0.4, 0.5) is 17.1 Å². The number of rotatable bonds is 7. The maximum atomic E-state index is 12.6. The molecule has 0 aliphatic carbocycles. The number of amides is 1. The van der Waals surface area contributed by atoms with Gasteiger partial charge in [-0.1, -0.05) is 24.0 Å². The Morgan fingerprint density at radius 2 is 1.75 bits per heavy atom. The summed E-state index contributed by atoms with van der Waals surface area (Å²) in [7, 11) is 3.19. The monoisotopic (exact) mass is 431 g/mol. The molecule has 0 radical (unpaired) electrons. The molecule has 1 amide bonds. The van der Waals surface area contributed by atoms with Crippen molar-refractivity contribution in [1.29, 1.82) is 0 Å². The van der Waals surface area contributed by atoms with Crippen LogP contribution >= 0.6 is 0 Å². The van der Waals surface area contributed by atoms with Crippen molar-refractivity contribution in [3.05, 3.63) is 77.4 Å². The molecule has 0 fully saturated rings. The van der Waals surface area contributed by atoms with Crippen LogP contribution < -0.4 is 25.8 Å². The smallest absolute Gasteiger partial charge is 0.255 e. The fourth-order valence-electron chi connectivity index (χ4n) is 3.00. The molecule has 5 N–H and O–H groups in total. The SMILES string of the molecule is COc1ccc(NCc2ccc(C(=O)Nc3cc(C#CCO)ccc3N)cc2)cc1OC. The van der Waals surface area contributed by atoms with Crippen molar-refractivity contribution in [3.63, 3.8) is 0 Å². The van der Waals surface area contributed by atoms with Crippen molar-refractivity contribution in [2.45, 2.75) is 6.54 Å². The van der Waals surface area contributed by atoms with Gasteiger partial charge in [0.1, 0.15) is 6.61 Å². The zero-order valence-corrected chi connectivity index (χ0v) is 17.9. The van der Waals surface area contributed by atoms with Gasteiger partial charge >= 0.3 is 0 Å². The van der Waals surface area contributed by atoms with Crippen molar-refractivity contribution in [2.75, 3.05) is 37.2 Å². The second-order valence-corrected chi connectivity index (χ2v) is 6.84. The van der Waals surface area contributed by atoms with E-state index in [0.29, 0.717) is 40.5 Å². The summed E-state index contributed by atoms with van der Waals surface area (Å²) >= 11 is 0. The van der Waals surface area contributed by atoms with Crippen LogP contribution in [-0.4, -0.2) is 31.8 Å². The summed E-state index contributed by atoms with van der Waals surface area (Å²) in [5.41, 5.74) is 9.93. The Bertz CT molecular complexity index is 1150. The minimum Gasteiger partial charge on any atom is -0.493 e. The van der Waals surface area contributed by atoms with Crippen LogP contribution in [0.3, 0.4) is 0 Å². The molecule has 32 heavy (non-hydrogen) atoms. The van der Waals surface area contributed by atoms with Gasteiger partial charge in [-0.2, -0.15) is 0 Å². The first-order valence-corrected chi connectivity index (χ1v) is 9.89. The minimum absolute atomic E-state index is 0.237. The highest BCUT2D eigenvalue weighted by molar-refractivity contribution is 6.05. The van der Waals surface area contributed by atoms with Gasteiger partial charge in [0.05, 0.1) is 25.6 Å². The Kier molecular flexibility index (Phi) is 7.57. The highest BCUT2D eigenvalue weighted by Crippen LogP contribution is 2.30. The lowest BCUT2D eigenvalue weighted by atomic mass is 10.1. The highest BCUT2D eigenvalue weighted by atomic mass is 16.5. The number of benzene rings is 3. The molecular weight excluding hydrogens is 406 g/mol. The van der Waals surface area contributed by atoms with Crippen molar-refractivity contribution < 1.29 is 19.4 Å². The van der Waals surface area contributed by atoms with E-state index >= 15 is 0 Å². The van der Waals surface area contributed by atoms with Crippen molar-refractivity contribution in [2.24, 2.45) is 0 Å². The molecule has 0 heterocycles. The largest absolute Gasteiger partial charge is 0.493 e. The van der Waals surface area contributed by atoms with Crippen LogP contribution in [0, 0.1) is 11.8 Å². The summed E-state index contributed by atoms with van der Waals surface area (Å²) in [5.74, 6) is 6.41. The van der Waals surface area contributed by atoms with E-state index in [0.717, 1.165) is 11.3 Å². The third-order valence-electron chi connectivity index (χ3n) is 4.71. The summed E-state index contributed by atoms with van der Waals surface area (Å²) in [5, 5.41) is 15.0. The van der Waals surface area contributed by atoms with Gasteiger partial charge in [0.15, 0.2) is 11.5 Å². The van der Waals surface area contributed by atoms with E-state index in [1.807, 2.05) is 30.3 Å². The van der Waals surface area contributed by atoms with Gasteiger partial charge < -0.3 is 30.9 Å². The zero-order chi connectivity index (χ0) is 22.9. The van der Waals surface area contributed by atoms with Crippen LogP contribution in [0.5, 0.6) is 11.5 Å². The zero-order valence-electron chi connectivity index (χ0n) is 17.9. The molecule has 0 aromatic heterocycles. The number of nitrogens with two attached hydrogens (primary N) is 1. The second-order valence-electron chi connectivity index (χ2n) is 6.84. The number of aliphatic hydroxyl groups excluding tert-OH is 1. The third kappa shape index (κ3) is 5.72. The minimum atomic E-state index is -0.275. The van der Waals surface area contributed by atoms with Gasteiger partial charge in [-0.3, -0.25) is 4.79 Å². The predicted molar refractivity (Wildman–Crippen MR) is 126 cm³/mol. The van der Waals surface area contributed by atoms with Crippen LogP contribution in [0.1, 0.15) is 21.5 Å². The molecule has 7 heteroatoms. The van der Waals surface area contributed by atoms with E-state index in [-0.39, 0.29) is 12.5 Å². The summed E-state index contributed by atoms with van der Waals surface area (Å²) in [6.45, 7) is 0.342. The number of nitrogens with one attached hydrogen (secondary N) is 2. The van der Waals surface area contributed by atoms with Gasteiger partial charge in [-0.25, -0.2) is 0 Å². The van der Waals surface area contributed by atoms with Crippen molar-refractivity contribution in [1.82, 2.24) is 0 Å². The van der Waals surface area contributed by atoms with E-state index < -0.39 is 0 Å². The van der Waals surface area contributed by atoms with Gasteiger partial charge in [0.25, 0.3) is 5.91 Å². The lowest BCUT2D eigenvalue weighted by molar-refractivity contribution is 0.102. The first kappa shape index (κ1) is 22.5. The average Bonchev–Trinajstić information content (AvgIpc) is 2.83. The molecule has 0 saturated carbocycles. The van der Waals surface area contributed by atoms with Gasteiger partial charge in [0, 0.05) is 29.4 Å². The van der Waals surface area contributed by atoms with Gasteiger partial charge in [0.2, 0.25) is 0 Å². The van der Waals surface area contributed by atoms with Gasteiger partial charge in [-0.05, 0) is 48.0 Å². The number of hydrogen-bond donors (Lipinski definition) is 4. The lowest BCUT2D eigenvalue weighted by Crippen LogP contribution is -2.13. The maximum absolute atomic E-state index is 12.6. The van der Waals surface area contributed by atoms with E-state index in [2.05, 4.69) is 22.5 Å². The van der Waals surface area contributed by atoms with E-state index in [4.69, 9.17) is 20.3 Å². The molecule has 7 nitrogen and oxygen atoms in total.